The number of hydrogen-bond acceptors (Lipinski definition) is 2. The maximum Gasteiger partial charge on any atom is 0.419 e. The molecule has 1 aliphatic heterocycles. The molecule has 0 spiro atoms. The van der Waals surface area contributed by atoms with E-state index in [2.05, 4.69) is 58.9 Å². The molecule has 2 aromatic carbocycles. The Morgan fingerprint density at radius 3 is 2.32 bits per heavy atom. The largest absolute Gasteiger partial charge is 0.489 e. The lowest BCUT2D eigenvalue weighted by molar-refractivity contribution is -0.139. The highest BCUT2D eigenvalue weighted by Crippen LogP contribution is 2.51. The Balaban J connectivity index is 1.78. The Morgan fingerprint density at radius 2 is 1.65 bits per heavy atom. The molecule has 0 saturated heterocycles. The monoisotopic (exact) mass is 539 g/mol. The fraction of sp³-hybridized carbons (Fsp3) is 0.360. The summed E-state index contributed by atoms with van der Waals surface area (Å²) in [5, 5.41) is 0. The predicted octanol–water partition coefficient (Wildman–Crippen LogP) is 7.79. The summed E-state index contributed by atoms with van der Waals surface area (Å²) >= 11 is 2.31. The first-order valence-corrected chi connectivity index (χ1v) is 11.3. The van der Waals surface area contributed by atoms with Crippen LogP contribution in [0.5, 0.6) is 5.75 Å². The van der Waals surface area contributed by atoms with E-state index < -0.39 is 17.8 Å². The maximum atomic E-state index is 13.6. The summed E-state index contributed by atoms with van der Waals surface area (Å²) < 4.78 is 48.9. The number of hydrogen-bond donors (Lipinski definition) is 0. The number of benzene rings is 2. The molecule has 0 N–H and O–H groups in total. The van der Waals surface area contributed by atoms with Crippen molar-refractivity contribution in [3.05, 3.63) is 83.1 Å². The average molecular weight is 539 g/mol. The highest BCUT2D eigenvalue weighted by atomic mass is 127. The van der Waals surface area contributed by atoms with Crippen LogP contribution in [0.15, 0.2) is 66.4 Å². The van der Waals surface area contributed by atoms with Crippen molar-refractivity contribution in [1.82, 2.24) is 0 Å². The molecule has 1 aliphatic carbocycles. The Morgan fingerprint density at radius 1 is 0.968 bits per heavy atom. The van der Waals surface area contributed by atoms with Gasteiger partial charge in [0.1, 0.15) is 11.9 Å². The van der Waals surface area contributed by atoms with Gasteiger partial charge in [-0.1, -0.05) is 63.3 Å². The number of allylic oxidation sites excluding steroid dienone is 3. The smallest absolute Gasteiger partial charge is 0.419 e. The van der Waals surface area contributed by atoms with Crippen molar-refractivity contribution in [2.24, 2.45) is 5.92 Å². The summed E-state index contributed by atoms with van der Waals surface area (Å²) in [6.45, 7) is 8.39. The number of anilines is 1. The molecule has 0 saturated carbocycles. The van der Waals surface area contributed by atoms with Crippen LogP contribution < -0.4 is 7.85 Å². The molecule has 164 valence electrons. The third kappa shape index (κ3) is 3.99. The summed E-state index contributed by atoms with van der Waals surface area (Å²) in [7, 11) is 0. The summed E-state index contributed by atoms with van der Waals surface area (Å²) in [4.78, 5) is 0. The highest BCUT2D eigenvalue weighted by Gasteiger charge is 2.44. The van der Waals surface area contributed by atoms with Crippen LogP contribution in [0.2, 0.25) is 0 Å². The number of alkyl halides is 3. The summed E-state index contributed by atoms with van der Waals surface area (Å²) in [6.07, 6.45) is 1.13. The second-order valence-corrected chi connectivity index (χ2v) is 10.1. The van der Waals surface area contributed by atoms with E-state index >= 15 is 0 Å². The molecule has 2 aliphatic rings. The van der Waals surface area contributed by atoms with Crippen LogP contribution in [-0.2, 0) is 11.6 Å². The SMILES string of the molecule is CC1Oc2c(cccc2C(F)(F)F)C2C=CC=C(N(I)c3ccccc3C(C)(C)C)C12. The van der Waals surface area contributed by atoms with Gasteiger partial charge >= 0.3 is 6.18 Å². The van der Waals surface area contributed by atoms with Crippen LogP contribution in [0.4, 0.5) is 18.9 Å². The summed E-state index contributed by atoms with van der Waals surface area (Å²) in [5.74, 6) is -0.309. The standard InChI is InChI=1S/C25H25F3INO/c1-15-22-16(17-10-7-12-19(23(17)31-15)25(26,27)28)9-8-14-21(22)30(29)20-13-6-5-11-18(20)24(2,3)4/h5-16,22H,1-4H3. The lowest BCUT2D eigenvalue weighted by Crippen LogP contribution is -2.39. The Hall–Kier alpha value is -1.96. The minimum Gasteiger partial charge on any atom is -0.489 e. The van der Waals surface area contributed by atoms with Gasteiger partial charge < -0.3 is 4.74 Å². The van der Waals surface area contributed by atoms with Crippen LogP contribution in [0.25, 0.3) is 0 Å². The number of halogens is 4. The van der Waals surface area contributed by atoms with Gasteiger partial charge in [-0.15, -0.1) is 0 Å². The number of para-hydroxylation sites is 2. The van der Waals surface area contributed by atoms with E-state index in [-0.39, 0.29) is 23.0 Å². The van der Waals surface area contributed by atoms with E-state index in [0.717, 1.165) is 17.5 Å². The topological polar surface area (TPSA) is 12.5 Å². The zero-order valence-corrected chi connectivity index (χ0v) is 20.0. The predicted molar refractivity (Wildman–Crippen MR) is 127 cm³/mol. The van der Waals surface area contributed by atoms with Gasteiger partial charge in [0.05, 0.1) is 34.1 Å². The molecule has 0 fully saturated rings. The van der Waals surface area contributed by atoms with Crippen molar-refractivity contribution in [3.63, 3.8) is 0 Å². The van der Waals surface area contributed by atoms with E-state index in [9.17, 15) is 13.2 Å². The molecule has 0 radical (unpaired) electrons. The van der Waals surface area contributed by atoms with E-state index in [1.54, 1.807) is 6.07 Å². The van der Waals surface area contributed by atoms with E-state index in [0.29, 0.717) is 5.56 Å². The quantitative estimate of drug-likeness (QED) is 0.285. The number of ether oxygens (including phenoxy) is 1. The molecule has 4 rings (SSSR count). The zero-order chi connectivity index (χ0) is 22.6. The maximum absolute atomic E-state index is 13.6. The molecule has 31 heavy (non-hydrogen) atoms. The average Bonchev–Trinajstić information content (AvgIpc) is 2.71. The van der Waals surface area contributed by atoms with Gasteiger partial charge in [-0.05, 0) is 36.1 Å². The molecular formula is C25H25F3INO. The first kappa shape index (κ1) is 22.2. The molecule has 1 heterocycles. The van der Waals surface area contributed by atoms with Crippen LogP contribution in [-0.4, -0.2) is 6.10 Å². The van der Waals surface area contributed by atoms with Gasteiger partial charge in [-0.25, -0.2) is 0 Å². The van der Waals surface area contributed by atoms with Crippen LogP contribution >= 0.6 is 22.9 Å². The van der Waals surface area contributed by atoms with Crippen molar-refractivity contribution in [2.45, 2.75) is 51.3 Å². The molecule has 0 aromatic heterocycles. The van der Waals surface area contributed by atoms with E-state index in [1.807, 2.05) is 37.3 Å². The second-order valence-electron chi connectivity index (χ2n) is 9.12. The first-order valence-electron chi connectivity index (χ1n) is 10.3. The highest BCUT2D eigenvalue weighted by molar-refractivity contribution is 14.1. The van der Waals surface area contributed by atoms with Crippen LogP contribution in [0.1, 0.15) is 50.3 Å². The van der Waals surface area contributed by atoms with Gasteiger partial charge in [-0.3, -0.25) is 3.11 Å². The van der Waals surface area contributed by atoms with Crippen molar-refractivity contribution in [1.29, 1.82) is 0 Å². The second kappa shape index (κ2) is 7.87. The normalized spacial score (nSPS) is 22.8. The lowest BCUT2D eigenvalue weighted by Gasteiger charge is -2.43. The molecule has 2 nitrogen and oxygen atoms in total. The van der Waals surface area contributed by atoms with Crippen molar-refractivity contribution in [2.75, 3.05) is 3.11 Å². The third-order valence-electron chi connectivity index (χ3n) is 5.98. The van der Waals surface area contributed by atoms with Crippen LogP contribution in [0, 0.1) is 5.92 Å². The Bertz CT molecular complexity index is 1050. The number of rotatable bonds is 2. The number of fused-ring (bicyclic) bond motifs is 3. The van der Waals surface area contributed by atoms with Crippen molar-refractivity contribution in [3.8, 4) is 5.75 Å². The molecule has 0 amide bonds. The van der Waals surface area contributed by atoms with Crippen LogP contribution in [0.3, 0.4) is 0 Å². The number of nitrogens with zero attached hydrogens (tertiary/aromatic N) is 1. The zero-order valence-electron chi connectivity index (χ0n) is 17.9. The van der Waals surface area contributed by atoms with Gasteiger partial charge in [-0.2, -0.15) is 13.2 Å². The Kier molecular flexibility index (Phi) is 5.65. The van der Waals surface area contributed by atoms with E-state index in [4.69, 9.17) is 4.74 Å². The fourth-order valence-corrected chi connectivity index (χ4v) is 5.47. The lowest BCUT2D eigenvalue weighted by atomic mass is 9.75. The van der Waals surface area contributed by atoms with Crippen molar-refractivity contribution >= 4 is 28.6 Å². The molecule has 2 aromatic rings. The minimum atomic E-state index is -4.45. The van der Waals surface area contributed by atoms with Gasteiger partial charge in [0.25, 0.3) is 0 Å². The molecular weight excluding hydrogens is 514 g/mol. The fourth-order valence-electron chi connectivity index (χ4n) is 4.56. The molecule has 6 heteroatoms. The first-order chi connectivity index (χ1) is 14.5. The molecule has 0 bridgehead atoms. The molecule has 3 unspecified atom stereocenters. The molecule has 3 atom stereocenters. The van der Waals surface area contributed by atoms with Gasteiger partial charge in [0.2, 0.25) is 0 Å². The summed E-state index contributed by atoms with van der Waals surface area (Å²) in [6, 6.07) is 12.6. The summed E-state index contributed by atoms with van der Waals surface area (Å²) in [5.41, 5.74) is 3.16. The van der Waals surface area contributed by atoms with Gasteiger partial charge in [0, 0.05) is 23.1 Å². The third-order valence-corrected chi connectivity index (χ3v) is 7.06. The van der Waals surface area contributed by atoms with E-state index in [1.165, 1.54) is 11.6 Å². The van der Waals surface area contributed by atoms with Crippen molar-refractivity contribution < 1.29 is 17.9 Å². The minimum absolute atomic E-state index is 0.0373. The van der Waals surface area contributed by atoms with Gasteiger partial charge in [0.15, 0.2) is 0 Å². The Labute approximate surface area is 195 Å².